The number of hydrazine groups is 1. The van der Waals surface area contributed by atoms with Crippen molar-refractivity contribution in [3.8, 4) is 0 Å². The van der Waals surface area contributed by atoms with Crippen molar-refractivity contribution in [2.75, 3.05) is 0 Å². The number of nitrogens with zero attached hydrogens (tertiary/aromatic N) is 2. The number of amides is 4. The van der Waals surface area contributed by atoms with Gasteiger partial charge in [0.05, 0.1) is 0 Å². The molecule has 0 aromatic heterocycles. The maximum Gasteiger partial charge on any atom is 0.348 e. The van der Waals surface area contributed by atoms with E-state index >= 15 is 0 Å². The Morgan fingerprint density at radius 1 is 1.17 bits per heavy atom. The summed E-state index contributed by atoms with van der Waals surface area (Å²) < 4.78 is 20.5. The van der Waals surface area contributed by atoms with Gasteiger partial charge in [0.15, 0.2) is 0 Å². The van der Waals surface area contributed by atoms with Crippen LogP contribution in [-0.4, -0.2) is 29.3 Å². The third-order valence-corrected chi connectivity index (χ3v) is 1.93. The van der Waals surface area contributed by atoms with E-state index in [-0.39, 0.29) is 8.83 Å². The number of hydrogen-bond donors (Lipinski definition) is 4. The molecular formula is C2H6N4O4S2. The molecule has 70 valence electrons. The van der Waals surface area contributed by atoms with E-state index in [2.05, 4.69) is 24.3 Å². The molecule has 0 fully saturated rings. The zero-order valence-electron chi connectivity index (χ0n) is 5.58. The van der Waals surface area contributed by atoms with Gasteiger partial charge in [-0.1, -0.05) is 0 Å². The first kappa shape index (κ1) is 10.8. The molecular weight excluding hydrogens is 208 g/mol. The molecule has 0 aliphatic carbocycles. The predicted molar refractivity (Wildman–Crippen MR) is 42.1 cm³/mol. The molecule has 0 aliphatic rings. The first-order valence-corrected chi connectivity index (χ1v) is 3.93. The molecule has 8 nitrogen and oxygen atoms in total. The van der Waals surface area contributed by atoms with Gasteiger partial charge in [0, 0.05) is 0 Å². The minimum Gasteiger partial charge on any atom is -0.349 e. The Labute approximate surface area is 74.7 Å². The monoisotopic (exact) mass is 214 g/mol. The van der Waals surface area contributed by atoms with Crippen LogP contribution >= 0.6 is 12.8 Å². The van der Waals surface area contributed by atoms with Gasteiger partial charge >= 0.3 is 12.1 Å². The lowest BCUT2D eigenvalue weighted by Gasteiger charge is -2.20. The van der Waals surface area contributed by atoms with E-state index < -0.39 is 23.0 Å². The summed E-state index contributed by atoms with van der Waals surface area (Å²) in [6, 6.07) is -2.61. The van der Waals surface area contributed by atoms with Gasteiger partial charge in [0.2, 0.25) is 10.9 Å². The molecule has 0 aliphatic heterocycles. The van der Waals surface area contributed by atoms with Crippen molar-refractivity contribution in [1.29, 1.82) is 0 Å². The summed E-state index contributed by atoms with van der Waals surface area (Å²) in [4.78, 5) is 20.7. The fraction of sp³-hybridized carbons (Fsp3) is 0. The summed E-state index contributed by atoms with van der Waals surface area (Å²) in [5.41, 5.74) is 9.19. The fourth-order valence-corrected chi connectivity index (χ4v) is 1.01. The number of primary amides is 2. The summed E-state index contributed by atoms with van der Waals surface area (Å²) in [5, 5.41) is 0. The third kappa shape index (κ3) is 2.47. The second kappa shape index (κ2) is 4.01. The number of rotatable bonds is 1. The average molecular weight is 214 g/mol. The highest BCUT2D eigenvalue weighted by Gasteiger charge is 2.21. The first-order chi connectivity index (χ1) is 5.37. The quantitative estimate of drug-likeness (QED) is 0.298. The summed E-state index contributed by atoms with van der Waals surface area (Å²) in [6.07, 6.45) is 0. The van der Waals surface area contributed by atoms with Crippen LogP contribution in [0.2, 0.25) is 0 Å². The SMILES string of the molecule is NC(=O)N(S)N(C(N)=O)[SH](=O)=O. The highest BCUT2D eigenvalue weighted by molar-refractivity contribution is 7.79. The van der Waals surface area contributed by atoms with Crippen LogP contribution in [0.25, 0.3) is 0 Å². The Bertz CT molecular complexity index is 266. The maximum absolute atomic E-state index is 10.4. The number of hydrogen-bond acceptors (Lipinski definition) is 5. The van der Waals surface area contributed by atoms with Crippen LogP contribution in [0.5, 0.6) is 0 Å². The average Bonchev–Trinajstić information content (AvgIpc) is 1.85. The molecule has 0 unspecified atom stereocenters. The summed E-state index contributed by atoms with van der Waals surface area (Å²) >= 11 is 3.30. The van der Waals surface area contributed by atoms with Gasteiger partial charge in [0.1, 0.15) is 0 Å². The zero-order valence-corrected chi connectivity index (χ0v) is 7.37. The molecule has 4 amide bonds. The lowest BCUT2D eigenvalue weighted by Crippen LogP contribution is -2.48. The van der Waals surface area contributed by atoms with Crippen LogP contribution in [0.4, 0.5) is 9.59 Å². The number of urea groups is 2. The molecule has 0 heterocycles. The minimum absolute atomic E-state index is 0.0774. The molecule has 0 saturated heterocycles. The number of nitrogens with two attached hydrogens (primary N) is 2. The second-order valence-electron chi connectivity index (χ2n) is 1.49. The van der Waals surface area contributed by atoms with Crippen LogP contribution in [0, 0.1) is 0 Å². The Morgan fingerprint density at radius 2 is 1.58 bits per heavy atom. The standard InChI is InChI=1S/C2H6N4O4S2/c3-1(7)5(11)6(2(4)8)12(9)10/h11-12H,(H2,3,7)(H2,4,8). The molecule has 4 N–H and O–H groups in total. The van der Waals surface area contributed by atoms with Crippen molar-refractivity contribution in [2.24, 2.45) is 11.5 Å². The number of carbonyl (C=O) groups is 2. The molecule has 10 heteroatoms. The second-order valence-corrected chi connectivity index (χ2v) is 2.73. The van der Waals surface area contributed by atoms with Crippen LogP contribution in [0.15, 0.2) is 0 Å². The Kier molecular flexibility index (Phi) is 3.63. The van der Waals surface area contributed by atoms with Crippen molar-refractivity contribution < 1.29 is 18.0 Å². The van der Waals surface area contributed by atoms with Crippen LogP contribution in [0.3, 0.4) is 0 Å². The molecule has 0 spiro atoms. The van der Waals surface area contributed by atoms with Crippen LogP contribution in [0.1, 0.15) is 0 Å². The molecule has 0 aromatic carbocycles. The Balaban J connectivity index is 4.75. The van der Waals surface area contributed by atoms with Gasteiger partial charge < -0.3 is 11.5 Å². The van der Waals surface area contributed by atoms with Gasteiger partial charge in [-0.05, 0) is 12.8 Å². The minimum atomic E-state index is -3.37. The van der Waals surface area contributed by atoms with E-state index in [1.54, 1.807) is 0 Å². The van der Waals surface area contributed by atoms with Crippen LogP contribution in [-0.2, 0) is 10.9 Å². The molecule has 0 bridgehead atoms. The van der Waals surface area contributed by atoms with Crippen molar-refractivity contribution in [2.45, 2.75) is 0 Å². The van der Waals surface area contributed by atoms with E-state index in [0.717, 1.165) is 0 Å². The first-order valence-electron chi connectivity index (χ1n) is 2.40. The lowest BCUT2D eigenvalue weighted by molar-refractivity contribution is 0.177. The zero-order chi connectivity index (χ0) is 9.89. The van der Waals surface area contributed by atoms with Gasteiger partial charge in [-0.25, -0.2) is 18.0 Å². The normalized spacial score (nSPS) is 9.50. The van der Waals surface area contributed by atoms with E-state index in [1.165, 1.54) is 0 Å². The predicted octanol–water partition coefficient (Wildman–Crippen LogP) is -1.97. The van der Waals surface area contributed by atoms with Gasteiger partial charge in [0.25, 0.3) is 0 Å². The van der Waals surface area contributed by atoms with Crippen molar-refractivity contribution in [3.63, 3.8) is 0 Å². The van der Waals surface area contributed by atoms with Gasteiger partial charge in [-0.15, -0.1) is 4.41 Å². The fourth-order valence-electron chi connectivity index (χ4n) is 0.336. The lowest BCUT2D eigenvalue weighted by atomic mass is 11.0. The molecule has 0 atom stereocenters. The molecule has 12 heavy (non-hydrogen) atoms. The largest absolute Gasteiger partial charge is 0.349 e. The number of carbonyl (C=O) groups excluding carboxylic acids is 2. The Morgan fingerprint density at radius 3 is 1.67 bits per heavy atom. The molecule has 0 radical (unpaired) electrons. The maximum atomic E-state index is 10.4. The highest BCUT2D eigenvalue weighted by Crippen LogP contribution is 2.00. The van der Waals surface area contributed by atoms with Crippen molar-refractivity contribution in [1.82, 2.24) is 8.83 Å². The molecule has 0 saturated carbocycles. The highest BCUT2D eigenvalue weighted by atomic mass is 32.2. The molecule has 0 aromatic rings. The van der Waals surface area contributed by atoms with Crippen molar-refractivity contribution in [3.05, 3.63) is 0 Å². The third-order valence-electron chi connectivity index (χ3n) is 0.728. The van der Waals surface area contributed by atoms with E-state index in [0.29, 0.717) is 0 Å². The topological polar surface area (TPSA) is 127 Å². The summed E-state index contributed by atoms with van der Waals surface area (Å²) in [7, 11) is -3.37. The van der Waals surface area contributed by atoms with E-state index in [4.69, 9.17) is 0 Å². The van der Waals surface area contributed by atoms with E-state index in [9.17, 15) is 18.0 Å². The van der Waals surface area contributed by atoms with Gasteiger partial charge in [-0.3, -0.25) is 0 Å². The summed E-state index contributed by atoms with van der Waals surface area (Å²) in [6.45, 7) is 0. The van der Waals surface area contributed by atoms with E-state index in [1.807, 2.05) is 0 Å². The Hall–Kier alpha value is -1.16. The smallest absolute Gasteiger partial charge is 0.348 e. The van der Waals surface area contributed by atoms with Crippen molar-refractivity contribution >= 4 is 35.8 Å². The summed E-state index contributed by atoms with van der Waals surface area (Å²) in [5.74, 6) is 0. The van der Waals surface area contributed by atoms with Gasteiger partial charge in [-0.2, -0.15) is 4.41 Å². The number of thiol groups is 2. The van der Waals surface area contributed by atoms with Crippen LogP contribution < -0.4 is 11.5 Å². The molecule has 0 rings (SSSR count).